The van der Waals surface area contributed by atoms with Crippen LogP contribution in [0.2, 0.25) is 0 Å². The average molecular weight is 449 g/mol. The molecule has 2 atom stereocenters. The zero-order valence-corrected chi connectivity index (χ0v) is 19.7. The van der Waals surface area contributed by atoms with E-state index < -0.39 is 0 Å². The molecule has 0 unspecified atom stereocenters. The minimum absolute atomic E-state index is 0.152. The normalized spacial score (nSPS) is 21.3. The third-order valence-electron chi connectivity index (χ3n) is 6.81. The molecule has 0 spiro atoms. The Kier molecular flexibility index (Phi) is 8.16. The van der Waals surface area contributed by atoms with Gasteiger partial charge in [-0.25, -0.2) is 0 Å². The number of ether oxygens (including phenoxy) is 1. The lowest BCUT2D eigenvalue weighted by Gasteiger charge is -2.24. The van der Waals surface area contributed by atoms with Crippen LogP contribution in [0.5, 0.6) is 0 Å². The molecule has 5 nitrogen and oxygen atoms in total. The van der Waals surface area contributed by atoms with Gasteiger partial charge in [0.05, 0.1) is 12.0 Å². The Balaban J connectivity index is 1.47. The second kappa shape index (κ2) is 11.5. The third kappa shape index (κ3) is 6.23. The predicted octanol–water partition coefficient (Wildman–Crippen LogP) is 4.55. The van der Waals surface area contributed by atoms with E-state index in [0.29, 0.717) is 32.5 Å². The molecule has 2 heterocycles. The van der Waals surface area contributed by atoms with Gasteiger partial charge in [-0.1, -0.05) is 61.5 Å². The van der Waals surface area contributed by atoms with E-state index in [-0.39, 0.29) is 23.8 Å². The van der Waals surface area contributed by atoms with Crippen LogP contribution in [0.1, 0.15) is 44.6 Å². The van der Waals surface area contributed by atoms with Crippen LogP contribution >= 0.6 is 0 Å². The van der Waals surface area contributed by atoms with Crippen LogP contribution in [0.15, 0.2) is 54.6 Å². The minimum atomic E-state index is -0.211. The SMILES string of the molecule is CCCN1CCN(C(=O)CC[C@@H]2CCCO2)C[C@@H](Cc2cccc(-c3ccccc3)c2)C1=O. The fourth-order valence-electron chi connectivity index (χ4n) is 5.02. The fourth-order valence-corrected chi connectivity index (χ4v) is 5.02. The summed E-state index contributed by atoms with van der Waals surface area (Å²) in [5.74, 6) is 0.118. The summed E-state index contributed by atoms with van der Waals surface area (Å²) in [6.45, 7) is 5.40. The van der Waals surface area contributed by atoms with Crippen LogP contribution in [-0.4, -0.2) is 60.5 Å². The molecule has 2 amide bonds. The lowest BCUT2D eigenvalue weighted by Crippen LogP contribution is -2.38. The zero-order valence-electron chi connectivity index (χ0n) is 19.7. The van der Waals surface area contributed by atoms with Gasteiger partial charge in [-0.2, -0.15) is 0 Å². The number of carbonyl (C=O) groups excluding carboxylic acids is 2. The number of hydrogen-bond acceptors (Lipinski definition) is 3. The summed E-state index contributed by atoms with van der Waals surface area (Å²) in [6, 6.07) is 18.8. The van der Waals surface area contributed by atoms with Gasteiger partial charge in [0.15, 0.2) is 0 Å². The number of hydrogen-bond donors (Lipinski definition) is 0. The molecule has 0 aromatic heterocycles. The summed E-state index contributed by atoms with van der Waals surface area (Å²) in [4.78, 5) is 30.3. The molecule has 0 N–H and O–H groups in total. The number of nitrogens with zero attached hydrogens (tertiary/aromatic N) is 2. The maximum atomic E-state index is 13.4. The van der Waals surface area contributed by atoms with Crippen molar-refractivity contribution >= 4 is 11.8 Å². The number of amides is 2. The molecule has 4 rings (SSSR count). The topological polar surface area (TPSA) is 49.9 Å². The number of rotatable bonds is 8. The Labute approximate surface area is 197 Å². The molecule has 0 radical (unpaired) electrons. The summed E-state index contributed by atoms with van der Waals surface area (Å²) >= 11 is 0. The maximum absolute atomic E-state index is 13.4. The highest BCUT2D eigenvalue weighted by molar-refractivity contribution is 5.82. The van der Waals surface area contributed by atoms with Gasteiger partial charge in [0.1, 0.15) is 0 Å². The standard InChI is InChI=1S/C28H36N2O3/c1-2-15-29-16-17-30(27(31)14-13-26-12-7-18-33-26)21-25(28(29)32)20-22-8-6-11-24(19-22)23-9-4-3-5-10-23/h3-6,8-11,19,25-26H,2,7,12-18,20-21H2,1H3/t25-,26+/m1/s1. The van der Waals surface area contributed by atoms with E-state index in [4.69, 9.17) is 4.74 Å². The van der Waals surface area contributed by atoms with Crippen LogP contribution < -0.4 is 0 Å². The van der Waals surface area contributed by atoms with Gasteiger partial charge in [-0.15, -0.1) is 0 Å². The largest absolute Gasteiger partial charge is 0.378 e. The first-order valence-electron chi connectivity index (χ1n) is 12.5. The first-order chi connectivity index (χ1) is 16.1. The number of carbonyl (C=O) groups is 2. The van der Waals surface area contributed by atoms with Crippen molar-refractivity contribution < 1.29 is 14.3 Å². The van der Waals surface area contributed by atoms with E-state index in [1.54, 1.807) is 0 Å². The van der Waals surface area contributed by atoms with E-state index in [1.807, 2.05) is 28.0 Å². The molecule has 2 saturated heterocycles. The summed E-state index contributed by atoms with van der Waals surface area (Å²) in [7, 11) is 0. The number of benzene rings is 2. The molecule has 176 valence electrons. The average Bonchev–Trinajstić information content (AvgIpc) is 3.32. The van der Waals surface area contributed by atoms with Crippen molar-refractivity contribution in [3.05, 3.63) is 60.2 Å². The van der Waals surface area contributed by atoms with Gasteiger partial charge < -0.3 is 14.5 Å². The van der Waals surface area contributed by atoms with Crippen molar-refractivity contribution in [2.75, 3.05) is 32.8 Å². The van der Waals surface area contributed by atoms with Crippen molar-refractivity contribution in [2.24, 2.45) is 5.92 Å². The van der Waals surface area contributed by atoms with Crippen LogP contribution in [0.25, 0.3) is 11.1 Å². The van der Waals surface area contributed by atoms with Crippen molar-refractivity contribution in [2.45, 2.75) is 51.6 Å². The highest BCUT2D eigenvalue weighted by Crippen LogP contribution is 2.24. The summed E-state index contributed by atoms with van der Waals surface area (Å²) < 4.78 is 5.70. The monoisotopic (exact) mass is 448 g/mol. The summed E-state index contributed by atoms with van der Waals surface area (Å²) in [5.41, 5.74) is 3.47. The van der Waals surface area contributed by atoms with Crippen LogP contribution in [0, 0.1) is 5.92 Å². The highest BCUT2D eigenvalue weighted by Gasteiger charge is 2.32. The Morgan fingerprint density at radius 3 is 2.64 bits per heavy atom. The van der Waals surface area contributed by atoms with Gasteiger partial charge in [-0.3, -0.25) is 9.59 Å². The molecule has 0 aliphatic carbocycles. The van der Waals surface area contributed by atoms with E-state index in [0.717, 1.165) is 50.0 Å². The molecular formula is C28H36N2O3. The Hall–Kier alpha value is -2.66. The zero-order chi connectivity index (χ0) is 23.0. The van der Waals surface area contributed by atoms with Crippen molar-refractivity contribution in [3.8, 4) is 11.1 Å². The van der Waals surface area contributed by atoms with E-state index >= 15 is 0 Å². The molecule has 2 aliphatic heterocycles. The second-order valence-electron chi connectivity index (χ2n) is 9.31. The van der Waals surface area contributed by atoms with Crippen molar-refractivity contribution in [1.29, 1.82) is 0 Å². The molecule has 0 saturated carbocycles. The lowest BCUT2D eigenvalue weighted by atomic mass is 9.94. The van der Waals surface area contributed by atoms with Gasteiger partial charge in [-0.05, 0) is 48.8 Å². The van der Waals surface area contributed by atoms with Crippen LogP contribution in [-0.2, 0) is 20.7 Å². The molecule has 2 fully saturated rings. The molecule has 5 heteroatoms. The molecule has 0 bridgehead atoms. The van der Waals surface area contributed by atoms with E-state index in [9.17, 15) is 9.59 Å². The highest BCUT2D eigenvalue weighted by atomic mass is 16.5. The third-order valence-corrected chi connectivity index (χ3v) is 6.81. The van der Waals surface area contributed by atoms with Gasteiger partial charge in [0.25, 0.3) is 0 Å². The molecule has 2 aliphatic rings. The van der Waals surface area contributed by atoms with Gasteiger partial charge >= 0.3 is 0 Å². The summed E-state index contributed by atoms with van der Waals surface area (Å²) in [6.07, 6.45) is 5.22. The van der Waals surface area contributed by atoms with Gasteiger partial charge in [0, 0.05) is 39.2 Å². The predicted molar refractivity (Wildman–Crippen MR) is 131 cm³/mol. The summed E-state index contributed by atoms with van der Waals surface area (Å²) in [5, 5.41) is 0. The first kappa shape index (κ1) is 23.5. The molecule has 2 aromatic rings. The lowest BCUT2D eigenvalue weighted by molar-refractivity contribution is -0.135. The van der Waals surface area contributed by atoms with E-state index in [1.165, 1.54) is 5.56 Å². The molecular weight excluding hydrogens is 412 g/mol. The Bertz CT molecular complexity index is 924. The van der Waals surface area contributed by atoms with E-state index in [2.05, 4.69) is 43.3 Å². The van der Waals surface area contributed by atoms with Gasteiger partial charge in [0.2, 0.25) is 11.8 Å². The quantitative estimate of drug-likeness (QED) is 0.595. The first-order valence-corrected chi connectivity index (χ1v) is 12.5. The minimum Gasteiger partial charge on any atom is -0.378 e. The maximum Gasteiger partial charge on any atom is 0.227 e. The molecule has 2 aromatic carbocycles. The van der Waals surface area contributed by atoms with Crippen molar-refractivity contribution in [1.82, 2.24) is 9.80 Å². The van der Waals surface area contributed by atoms with Crippen LogP contribution in [0.3, 0.4) is 0 Å². The van der Waals surface area contributed by atoms with Crippen LogP contribution in [0.4, 0.5) is 0 Å². The van der Waals surface area contributed by atoms with Crippen molar-refractivity contribution in [3.63, 3.8) is 0 Å². The molecule has 33 heavy (non-hydrogen) atoms. The fraction of sp³-hybridized carbons (Fsp3) is 0.500. The Morgan fingerprint density at radius 1 is 1.06 bits per heavy atom. The second-order valence-corrected chi connectivity index (χ2v) is 9.31. The Morgan fingerprint density at radius 2 is 1.88 bits per heavy atom. The smallest absolute Gasteiger partial charge is 0.227 e.